The second-order valence-corrected chi connectivity index (χ2v) is 7.98. The Morgan fingerprint density at radius 1 is 1.19 bits per heavy atom. The summed E-state index contributed by atoms with van der Waals surface area (Å²) in [5.74, 6) is 2.37. The average molecular weight is 380 g/mol. The summed E-state index contributed by atoms with van der Waals surface area (Å²) in [6.45, 7) is 0. The minimum Gasteiger partial charge on any atom is -0.387 e. The van der Waals surface area contributed by atoms with E-state index in [-0.39, 0.29) is 5.88 Å². The number of aliphatic hydroxyl groups is 2. The molecule has 2 aliphatic carbocycles. The lowest BCUT2D eigenvalue weighted by atomic mass is 9.95. The van der Waals surface area contributed by atoms with Crippen LogP contribution in [0.15, 0.2) is 12.7 Å². The Morgan fingerprint density at radius 2 is 2.08 bits per heavy atom. The van der Waals surface area contributed by atoms with Crippen LogP contribution in [0.1, 0.15) is 31.9 Å². The van der Waals surface area contributed by atoms with E-state index in [4.69, 9.17) is 16.3 Å². The van der Waals surface area contributed by atoms with E-state index in [9.17, 15) is 10.2 Å². The highest BCUT2D eigenvalue weighted by molar-refractivity contribution is 6.18. The van der Waals surface area contributed by atoms with Crippen molar-refractivity contribution in [3.63, 3.8) is 0 Å². The van der Waals surface area contributed by atoms with E-state index in [1.54, 1.807) is 10.9 Å². The summed E-state index contributed by atoms with van der Waals surface area (Å²) in [4.78, 5) is 13.2. The summed E-state index contributed by atoms with van der Waals surface area (Å²) in [5, 5.41) is 23.9. The van der Waals surface area contributed by atoms with Gasteiger partial charge in [-0.2, -0.15) is 0 Å². The molecule has 0 aromatic carbocycles. The van der Waals surface area contributed by atoms with E-state index in [1.165, 1.54) is 32.0 Å². The second-order valence-electron chi connectivity index (χ2n) is 7.67. The van der Waals surface area contributed by atoms with E-state index in [0.29, 0.717) is 28.9 Å². The van der Waals surface area contributed by atoms with Crippen molar-refractivity contribution in [1.29, 1.82) is 0 Å². The lowest BCUT2D eigenvalue weighted by Gasteiger charge is -2.23. The Hall–Kier alpha value is -1.48. The van der Waals surface area contributed by atoms with Crippen molar-refractivity contribution in [2.24, 2.45) is 11.8 Å². The Kier molecular flexibility index (Phi) is 4.04. The van der Waals surface area contributed by atoms with Gasteiger partial charge in [-0.15, -0.1) is 11.6 Å². The van der Waals surface area contributed by atoms with Crippen molar-refractivity contribution in [2.75, 3.05) is 11.2 Å². The summed E-state index contributed by atoms with van der Waals surface area (Å²) in [5.41, 5.74) is 1.21. The van der Waals surface area contributed by atoms with Crippen LogP contribution in [0.2, 0.25) is 0 Å². The SMILES string of the molecule is O[C@@H]1[C@@H](CCl)OC(n2cnc3c(NC4CC5CCC4C5)ncnc32)[C@@H]1O. The molecule has 2 bridgehead atoms. The second kappa shape index (κ2) is 6.30. The number of hydrogen-bond acceptors (Lipinski definition) is 7. The molecule has 1 aliphatic heterocycles. The number of nitrogens with one attached hydrogen (secondary N) is 1. The van der Waals surface area contributed by atoms with Gasteiger partial charge in [-0.05, 0) is 31.1 Å². The van der Waals surface area contributed by atoms with Gasteiger partial charge in [0.05, 0.1) is 12.2 Å². The third kappa shape index (κ3) is 2.51. The number of alkyl halides is 1. The standard InChI is InChI=1S/C17H22ClN5O3/c18-5-11-13(24)14(25)17(26-11)23-7-21-12-15(19-6-20-16(12)23)22-10-4-8-1-2-9(10)3-8/h6-11,13-14,17,24-25H,1-5H2,(H,19,20,22)/t8?,9?,10?,11-,13-,14-,17?/m1/s1. The molecule has 26 heavy (non-hydrogen) atoms. The monoisotopic (exact) mass is 379 g/mol. The zero-order valence-electron chi connectivity index (χ0n) is 14.2. The maximum Gasteiger partial charge on any atom is 0.167 e. The Balaban J connectivity index is 1.44. The van der Waals surface area contributed by atoms with Crippen molar-refractivity contribution in [2.45, 2.75) is 56.3 Å². The van der Waals surface area contributed by atoms with Crippen molar-refractivity contribution in [1.82, 2.24) is 19.5 Å². The predicted octanol–water partition coefficient (Wildman–Crippen LogP) is 1.28. The van der Waals surface area contributed by atoms with E-state index in [1.807, 2.05) is 0 Å². The third-order valence-electron chi connectivity index (χ3n) is 6.18. The van der Waals surface area contributed by atoms with E-state index >= 15 is 0 Å². The van der Waals surface area contributed by atoms with Crippen LogP contribution in [-0.4, -0.2) is 60.0 Å². The lowest BCUT2D eigenvalue weighted by Crippen LogP contribution is -2.32. The quantitative estimate of drug-likeness (QED) is 0.687. The van der Waals surface area contributed by atoms with Gasteiger partial charge in [0, 0.05) is 6.04 Å². The maximum atomic E-state index is 10.3. The zero-order valence-corrected chi connectivity index (χ0v) is 15.0. The molecule has 3 fully saturated rings. The number of halogens is 1. The Labute approximate surface area is 155 Å². The van der Waals surface area contributed by atoms with Gasteiger partial charge >= 0.3 is 0 Å². The van der Waals surface area contributed by atoms with Gasteiger partial charge < -0.3 is 20.3 Å². The van der Waals surface area contributed by atoms with Gasteiger partial charge in [-0.3, -0.25) is 4.57 Å². The molecular weight excluding hydrogens is 358 g/mol. The van der Waals surface area contributed by atoms with Crippen LogP contribution in [-0.2, 0) is 4.74 Å². The van der Waals surface area contributed by atoms with Crippen molar-refractivity contribution < 1.29 is 14.9 Å². The molecule has 3 heterocycles. The normalized spacial score (nSPS) is 39.1. The molecule has 140 valence electrons. The van der Waals surface area contributed by atoms with E-state index in [0.717, 1.165) is 5.92 Å². The number of hydrogen-bond donors (Lipinski definition) is 3. The first-order valence-electron chi connectivity index (χ1n) is 9.17. The molecule has 2 saturated carbocycles. The molecule has 2 aromatic rings. The minimum absolute atomic E-state index is 0.105. The number of imidazole rings is 1. The van der Waals surface area contributed by atoms with Crippen LogP contribution in [0.5, 0.6) is 0 Å². The number of fused-ring (bicyclic) bond motifs is 3. The molecule has 7 atom stereocenters. The van der Waals surface area contributed by atoms with Crippen LogP contribution in [0.3, 0.4) is 0 Å². The summed E-state index contributed by atoms with van der Waals surface area (Å²) in [7, 11) is 0. The number of nitrogens with zero attached hydrogens (tertiary/aromatic N) is 4. The fraction of sp³-hybridized carbons (Fsp3) is 0.706. The summed E-state index contributed by atoms with van der Waals surface area (Å²) in [6, 6.07) is 0.438. The third-order valence-corrected chi connectivity index (χ3v) is 6.49. The lowest BCUT2D eigenvalue weighted by molar-refractivity contribution is -0.0291. The largest absolute Gasteiger partial charge is 0.387 e. The molecule has 4 unspecified atom stereocenters. The van der Waals surface area contributed by atoms with Crippen LogP contribution in [0, 0.1) is 11.8 Å². The van der Waals surface area contributed by atoms with Crippen molar-refractivity contribution >= 4 is 28.6 Å². The highest BCUT2D eigenvalue weighted by Crippen LogP contribution is 2.45. The minimum atomic E-state index is -1.09. The molecule has 2 aromatic heterocycles. The topological polar surface area (TPSA) is 105 Å². The Morgan fingerprint density at radius 3 is 2.77 bits per heavy atom. The predicted molar refractivity (Wildman–Crippen MR) is 94.8 cm³/mol. The molecule has 3 aliphatic rings. The fourth-order valence-corrected chi connectivity index (χ4v) is 5.08. The zero-order chi connectivity index (χ0) is 17.8. The molecular formula is C17H22ClN5O3. The van der Waals surface area contributed by atoms with E-state index < -0.39 is 24.5 Å². The van der Waals surface area contributed by atoms with Gasteiger partial charge in [0.15, 0.2) is 23.2 Å². The van der Waals surface area contributed by atoms with Gasteiger partial charge in [-0.1, -0.05) is 6.42 Å². The van der Waals surface area contributed by atoms with Crippen LogP contribution >= 0.6 is 11.6 Å². The molecule has 5 rings (SSSR count). The maximum absolute atomic E-state index is 10.3. The molecule has 3 N–H and O–H groups in total. The van der Waals surface area contributed by atoms with Crippen LogP contribution < -0.4 is 5.32 Å². The first-order valence-corrected chi connectivity index (χ1v) is 9.70. The number of aromatic nitrogens is 4. The first kappa shape index (κ1) is 16.7. The number of ether oxygens (including phenoxy) is 1. The van der Waals surface area contributed by atoms with Gasteiger partial charge in [-0.25, -0.2) is 15.0 Å². The molecule has 0 amide bonds. The molecule has 0 spiro atoms. The molecule has 9 heteroatoms. The number of aliphatic hydroxyl groups excluding tert-OH is 2. The molecule has 1 saturated heterocycles. The van der Waals surface area contributed by atoms with Crippen LogP contribution in [0.4, 0.5) is 5.82 Å². The van der Waals surface area contributed by atoms with Gasteiger partial charge in [0.2, 0.25) is 0 Å². The highest BCUT2D eigenvalue weighted by atomic mass is 35.5. The number of rotatable bonds is 4. The van der Waals surface area contributed by atoms with Crippen molar-refractivity contribution in [3.05, 3.63) is 12.7 Å². The highest BCUT2D eigenvalue weighted by Gasteiger charge is 2.44. The summed E-state index contributed by atoms with van der Waals surface area (Å²) >= 11 is 5.81. The number of anilines is 1. The van der Waals surface area contributed by atoms with Gasteiger partial charge in [0.25, 0.3) is 0 Å². The van der Waals surface area contributed by atoms with Crippen molar-refractivity contribution in [3.8, 4) is 0 Å². The molecule has 8 nitrogen and oxygen atoms in total. The van der Waals surface area contributed by atoms with Gasteiger partial charge in [0.1, 0.15) is 24.6 Å². The Bertz CT molecular complexity index is 817. The summed E-state index contributed by atoms with van der Waals surface area (Å²) < 4.78 is 7.35. The average Bonchev–Trinajstić information content (AvgIpc) is 3.41. The molecule has 0 radical (unpaired) electrons. The van der Waals surface area contributed by atoms with Crippen LogP contribution in [0.25, 0.3) is 11.2 Å². The first-order chi connectivity index (χ1) is 12.7. The summed E-state index contributed by atoms with van der Waals surface area (Å²) in [6.07, 6.45) is 4.66. The fourth-order valence-electron chi connectivity index (χ4n) is 4.83. The van der Waals surface area contributed by atoms with E-state index in [2.05, 4.69) is 20.3 Å². The smallest absolute Gasteiger partial charge is 0.167 e.